The fraction of sp³-hybridized carbons (Fsp3) is 0.350. The molecule has 0 unspecified atom stereocenters. The third-order valence-corrected chi connectivity index (χ3v) is 4.49. The van der Waals surface area contributed by atoms with Crippen molar-refractivity contribution in [2.45, 2.75) is 45.1 Å². The quantitative estimate of drug-likeness (QED) is 0.783. The van der Waals surface area contributed by atoms with E-state index in [1.807, 2.05) is 37.4 Å². The van der Waals surface area contributed by atoms with E-state index in [1.165, 1.54) is 32.1 Å². The van der Waals surface area contributed by atoms with Gasteiger partial charge in [0, 0.05) is 17.8 Å². The fourth-order valence-corrected chi connectivity index (χ4v) is 3.13. The second kappa shape index (κ2) is 6.78. The second-order valence-electron chi connectivity index (χ2n) is 6.13. The van der Waals surface area contributed by atoms with E-state index in [0.717, 1.165) is 22.3 Å². The smallest absolute Gasteiger partial charge is 0.127 e. The van der Waals surface area contributed by atoms with Crippen molar-refractivity contribution in [3.63, 3.8) is 0 Å². The molecule has 0 saturated heterocycles. The van der Waals surface area contributed by atoms with Gasteiger partial charge in [-0.25, -0.2) is 0 Å². The first-order valence-corrected chi connectivity index (χ1v) is 8.17. The zero-order valence-corrected chi connectivity index (χ0v) is 13.1. The van der Waals surface area contributed by atoms with Crippen molar-refractivity contribution in [3.8, 4) is 16.9 Å². The Bertz CT molecular complexity index is 655. The van der Waals surface area contributed by atoms with Gasteiger partial charge in [-0.1, -0.05) is 61.7 Å². The van der Waals surface area contributed by atoms with Crippen molar-refractivity contribution in [1.29, 1.82) is 0 Å². The molecular weight excluding hydrogens is 270 g/mol. The molecule has 2 aromatic rings. The van der Waals surface area contributed by atoms with E-state index in [1.54, 1.807) is 0 Å². The van der Waals surface area contributed by atoms with E-state index in [4.69, 9.17) is 4.99 Å². The first-order valence-electron chi connectivity index (χ1n) is 8.17. The van der Waals surface area contributed by atoms with Crippen LogP contribution in [-0.2, 0) is 0 Å². The summed E-state index contributed by atoms with van der Waals surface area (Å²) in [6.07, 6.45) is 8.10. The summed E-state index contributed by atoms with van der Waals surface area (Å²) in [7, 11) is 0. The number of hydrogen-bond acceptors (Lipinski definition) is 2. The van der Waals surface area contributed by atoms with E-state index in [-0.39, 0.29) is 0 Å². The van der Waals surface area contributed by atoms with E-state index in [9.17, 15) is 5.11 Å². The minimum atomic E-state index is 0.348. The summed E-state index contributed by atoms with van der Waals surface area (Å²) in [5.74, 6) is 0.348. The van der Waals surface area contributed by atoms with Crippen LogP contribution in [0.15, 0.2) is 47.5 Å². The number of rotatable bonds is 3. The van der Waals surface area contributed by atoms with E-state index in [0.29, 0.717) is 11.8 Å². The van der Waals surface area contributed by atoms with Crippen LogP contribution in [-0.4, -0.2) is 17.4 Å². The summed E-state index contributed by atoms with van der Waals surface area (Å²) in [6.45, 7) is 1.93. The van der Waals surface area contributed by atoms with Crippen LogP contribution in [0.4, 0.5) is 0 Å². The molecule has 1 aliphatic carbocycles. The summed E-state index contributed by atoms with van der Waals surface area (Å²) < 4.78 is 0. The number of phenolic OH excluding ortho intramolecular Hbond substituents is 1. The molecular formula is C20H23NO. The maximum Gasteiger partial charge on any atom is 0.127 e. The van der Waals surface area contributed by atoms with E-state index in [2.05, 4.69) is 18.2 Å². The zero-order valence-electron chi connectivity index (χ0n) is 13.1. The van der Waals surface area contributed by atoms with Crippen molar-refractivity contribution < 1.29 is 5.11 Å². The Labute approximate surface area is 132 Å². The summed E-state index contributed by atoms with van der Waals surface area (Å²) >= 11 is 0. The molecule has 2 heteroatoms. The van der Waals surface area contributed by atoms with Crippen molar-refractivity contribution in [2.24, 2.45) is 4.99 Å². The summed E-state index contributed by atoms with van der Waals surface area (Å²) in [5, 5.41) is 10.5. The van der Waals surface area contributed by atoms with Crippen LogP contribution in [0.2, 0.25) is 0 Å². The Kier molecular flexibility index (Phi) is 4.57. The predicted octanol–water partition coefficient (Wildman–Crippen LogP) is 5.12. The monoisotopic (exact) mass is 293 g/mol. The minimum Gasteiger partial charge on any atom is -0.507 e. The van der Waals surface area contributed by atoms with Gasteiger partial charge >= 0.3 is 0 Å². The van der Waals surface area contributed by atoms with Gasteiger partial charge in [-0.05, 0) is 36.5 Å². The normalized spacial score (nSPS) is 16.2. The van der Waals surface area contributed by atoms with Gasteiger partial charge in [-0.3, -0.25) is 4.99 Å². The minimum absolute atomic E-state index is 0.348. The summed E-state index contributed by atoms with van der Waals surface area (Å²) in [6, 6.07) is 14.7. The van der Waals surface area contributed by atoms with Gasteiger partial charge in [0.2, 0.25) is 0 Å². The standard InChI is InChI=1S/C20H23NO/c1-15-12-13-18(16-8-4-2-5-9-16)19(20(15)22)14-21-17-10-6-3-7-11-17/h2,4-5,8-9,12-14,17,22H,3,6-7,10-11H2,1H3. The van der Waals surface area contributed by atoms with Gasteiger partial charge in [0.05, 0.1) is 0 Å². The second-order valence-corrected chi connectivity index (χ2v) is 6.13. The number of benzene rings is 2. The molecule has 0 radical (unpaired) electrons. The van der Waals surface area contributed by atoms with Crippen molar-refractivity contribution in [2.75, 3.05) is 0 Å². The Morgan fingerprint density at radius 1 is 1.00 bits per heavy atom. The van der Waals surface area contributed by atoms with Gasteiger partial charge in [-0.2, -0.15) is 0 Å². The maximum atomic E-state index is 10.5. The van der Waals surface area contributed by atoms with Crippen molar-refractivity contribution in [1.82, 2.24) is 0 Å². The molecule has 0 bridgehead atoms. The third kappa shape index (κ3) is 3.22. The number of aromatic hydroxyl groups is 1. The predicted molar refractivity (Wildman–Crippen MR) is 92.7 cm³/mol. The molecule has 0 aliphatic heterocycles. The molecule has 1 fully saturated rings. The average molecular weight is 293 g/mol. The highest BCUT2D eigenvalue weighted by molar-refractivity contribution is 5.94. The number of hydrogen-bond donors (Lipinski definition) is 1. The SMILES string of the molecule is Cc1ccc(-c2ccccc2)c(C=NC2CCCCC2)c1O. The lowest BCUT2D eigenvalue weighted by atomic mass is 9.95. The van der Waals surface area contributed by atoms with Crippen LogP contribution in [0, 0.1) is 6.92 Å². The lowest BCUT2D eigenvalue weighted by Gasteiger charge is -2.18. The van der Waals surface area contributed by atoms with Crippen LogP contribution in [0.25, 0.3) is 11.1 Å². The first kappa shape index (κ1) is 14.8. The lowest BCUT2D eigenvalue weighted by molar-refractivity contribution is 0.444. The van der Waals surface area contributed by atoms with Crippen LogP contribution in [0.1, 0.15) is 43.2 Å². The number of nitrogens with zero attached hydrogens (tertiary/aromatic N) is 1. The molecule has 1 aliphatic rings. The van der Waals surface area contributed by atoms with Gasteiger partial charge < -0.3 is 5.11 Å². The first-order chi connectivity index (χ1) is 10.8. The number of phenols is 1. The van der Waals surface area contributed by atoms with Crippen molar-refractivity contribution in [3.05, 3.63) is 53.6 Å². The molecule has 0 atom stereocenters. The zero-order chi connectivity index (χ0) is 15.4. The molecule has 2 nitrogen and oxygen atoms in total. The molecule has 2 aromatic carbocycles. The molecule has 114 valence electrons. The van der Waals surface area contributed by atoms with Crippen LogP contribution < -0.4 is 0 Å². The molecule has 3 rings (SSSR count). The highest BCUT2D eigenvalue weighted by atomic mass is 16.3. The van der Waals surface area contributed by atoms with Gasteiger partial charge in [0.1, 0.15) is 5.75 Å². The highest BCUT2D eigenvalue weighted by Crippen LogP contribution is 2.32. The van der Waals surface area contributed by atoms with Gasteiger partial charge in [0.15, 0.2) is 0 Å². The third-order valence-electron chi connectivity index (χ3n) is 4.49. The highest BCUT2D eigenvalue weighted by Gasteiger charge is 2.13. The molecule has 22 heavy (non-hydrogen) atoms. The van der Waals surface area contributed by atoms with Crippen molar-refractivity contribution >= 4 is 6.21 Å². The van der Waals surface area contributed by atoms with Crippen LogP contribution in [0.5, 0.6) is 5.75 Å². The molecule has 1 N–H and O–H groups in total. The molecule has 0 spiro atoms. The summed E-state index contributed by atoms with van der Waals surface area (Å²) in [5.41, 5.74) is 3.90. The number of aryl methyl sites for hydroxylation is 1. The molecule has 0 aromatic heterocycles. The molecule has 1 saturated carbocycles. The lowest BCUT2D eigenvalue weighted by Crippen LogP contribution is -2.09. The van der Waals surface area contributed by atoms with E-state index < -0.39 is 0 Å². The Hall–Kier alpha value is -2.09. The van der Waals surface area contributed by atoms with Gasteiger partial charge in [-0.15, -0.1) is 0 Å². The molecule has 0 heterocycles. The van der Waals surface area contributed by atoms with E-state index >= 15 is 0 Å². The van der Waals surface area contributed by atoms with Crippen LogP contribution >= 0.6 is 0 Å². The molecule has 0 amide bonds. The maximum absolute atomic E-state index is 10.5. The van der Waals surface area contributed by atoms with Crippen LogP contribution in [0.3, 0.4) is 0 Å². The average Bonchev–Trinajstić information content (AvgIpc) is 2.58. The number of aliphatic imine (C=N–C) groups is 1. The Balaban J connectivity index is 1.97. The largest absolute Gasteiger partial charge is 0.507 e. The summed E-state index contributed by atoms with van der Waals surface area (Å²) in [4.78, 5) is 4.76. The topological polar surface area (TPSA) is 32.6 Å². The fourth-order valence-electron chi connectivity index (χ4n) is 3.13. The Morgan fingerprint density at radius 3 is 2.45 bits per heavy atom. The Morgan fingerprint density at radius 2 is 1.73 bits per heavy atom. The van der Waals surface area contributed by atoms with Gasteiger partial charge in [0.25, 0.3) is 0 Å².